The first-order valence-electron chi connectivity index (χ1n) is 7.49. The Morgan fingerprint density at radius 1 is 0.588 bits per heavy atom. The van der Waals surface area contributed by atoms with Crippen molar-refractivity contribution in [2.24, 2.45) is 22.1 Å². The van der Waals surface area contributed by atoms with Crippen LogP contribution in [0.4, 0.5) is 0 Å². The molecule has 0 aromatic carbocycles. The minimum Gasteiger partial charge on any atom is -0.178 e. The van der Waals surface area contributed by atoms with Crippen molar-refractivity contribution in [2.75, 3.05) is 0 Å². The van der Waals surface area contributed by atoms with E-state index in [1.54, 1.807) is 0 Å². The topological polar surface area (TPSA) is 24.7 Å². The number of hydrogen-bond donors (Lipinski definition) is 0. The molecule has 1 heterocycles. The normalized spacial score (nSPS) is 36.5. The largest absolute Gasteiger partial charge is 0.178 e. The van der Waals surface area contributed by atoms with Crippen LogP contribution in [0.5, 0.6) is 0 Å². The smallest absolute Gasteiger partial charge is 0.121 e. The molecule has 2 aliphatic carbocycles. The van der Waals surface area contributed by atoms with Gasteiger partial charge in [-0.25, -0.2) is 0 Å². The quantitative estimate of drug-likeness (QED) is 0.679. The molecule has 0 radical (unpaired) electrons. The fraction of sp³-hybridized carbons (Fsp3) is 1.00. The van der Waals surface area contributed by atoms with Crippen LogP contribution < -0.4 is 0 Å². The molecule has 3 rings (SSSR count). The van der Waals surface area contributed by atoms with E-state index in [0.29, 0.717) is 10.7 Å². The first-order chi connectivity index (χ1) is 8.43. The van der Waals surface area contributed by atoms with E-state index in [9.17, 15) is 0 Å². The summed E-state index contributed by atoms with van der Waals surface area (Å²) < 4.78 is 0. The van der Waals surface area contributed by atoms with Crippen LogP contribution in [0.15, 0.2) is 10.2 Å². The Labute approximate surface area is 109 Å². The lowest BCUT2D eigenvalue weighted by Crippen LogP contribution is -2.21. The molecule has 0 amide bonds. The molecule has 0 aromatic rings. The van der Waals surface area contributed by atoms with Gasteiger partial charge in [0.25, 0.3) is 0 Å². The van der Waals surface area contributed by atoms with Crippen molar-refractivity contribution < 1.29 is 0 Å². The van der Waals surface area contributed by atoms with Crippen LogP contribution >= 0.6 is 11.8 Å². The molecule has 0 aromatic heterocycles. The van der Waals surface area contributed by atoms with E-state index in [0.717, 1.165) is 11.8 Å². The Morgan fingerprint density at radius 3 is 1.41 bits per heavy atom. The van der Waals surface area contributed by atoms with Gasteiger partial charge in [-0.15, -0.1) is 11.8 Å². The highest BCUT2D eigenvalue weighted by atomic mass is 32.2. The summed E-state index contributed by atoms with van der Waals surface area (Å²) in [6, 6.07) is 0. The van der Waals surface area contributed by atoms with Crippen molar-refractivity contribution in [1.82, 2.24) is 0 Å². The maximum absolute atomic E-state index is 4.60. The van der Waals surface area contributed by atoms with Crippen molar-refractivity contribution in [2.45, 2.75) is 75.0 Å². The van der Waals surface area contributed by atoms with Crippen LogP contribution in [-0.4, -0.2) is 10.7 Å². The minimum absolute atomic E-state index is 0.516. The van der Waals surface area contributed by atoms with Gasteiger partial charge in [0.2, 0.25) is 0 Å². The van der Waals surface area contributed by atoms with Crippen LogP contribution in [0.25, 0.3) is 0 Å². The lowest BCUT2D eigenvalue weighted by molar-refractivity contribution is 0.346. The predicted molar refractivity (Wildman–Crippen MR) is 73.2 cm³/mol. The average Bonchev–Trinajstić information content (AvgIpc) is 2.90. The van der Waals surface area contributed by atoms with Crippen LogP contribution in [0.1, 0.15) is 64.2 Å². The zero-order valence-electron chi connectivity index (χ0n) is 10.7. The Balaban J connectivity index is 1.52. The van der Waals surface area contributed by atoms with Crippen LogP contribution in [-0.2, 0) is 0 Å². The first kappa shape index (κ1) is 12.0. The molecule has 0 spiro atoms. The summed E-state index contributed by atoms with van der Waals surface area (Å²) in [6.07, 6.45) is 14.2. The summed E-state index contributed by atoms with van der Waals surface area (Å²) in [6.45, 7) is 0. The van der Waals surface area contributed by atoms with Crippen molar-refractivity contribution in [3.05, 3.63) is 0 Å². The summed E-state index contributed by atoms with van der Waals surface area (Å²) in [4.78, 5) is 0. The van der Waals surface area contributed by atoms with Crippen molar-refractivity contribution in [3.8, 4) is 0 Å². The van der Waals surface area contributed by atoms with Gasteiger partial charge < -0.3 is 0 Å². The van der Waals surface area contributed by atoms with Crippen molar-refractivity contribution in [3.63, 3.8) is 0 Å². The van der Waals surface area contributed by atoms with E-state index in [4.69, 9.17) is 0 Å². The van der Waals surface area contributed by atoms with E-state index in [1.807, 2.05) is 0 Å². The molecule has 1 aliphatic heterocycles. The second-order valence-corrected chi connectivity index (χ2v) is 7.18. The van der Waals surface area contributed by atoms with Crippen LogP contribution in [0.3, 0.4) is 0 Å². The first-order valence-corrected chi connectivity index (χ1v) is 8.43. The Morgan fingerprint density at radius 2 is 1.00 bits per heavy atom. The molecule has 0 bridgehead atoms. The SMILES string of the molecule is C1CCC([C@@H]2N=N[C@H](C3CCCCC3)S2)CC1. The molecule has 96 valence electrons. The van der Waals surface area contributed by atoms with E-state index >= 15 is 0 Å². The molecule has 3 heteroatoms. The highest BCUT2D eigenvalue weighted by molar-refractivity contribution is 8.00. The Kier molecular flexibility index (Phi) is 4.05. The summed E-state index contributed by atoms with van der Waals surface area (Å²) in [5.74, 6) is 1.68. The van der Waals surface area contributed by atoms with E-state index in [2.05, 4.69) is 22.0 Å². The lowest BCUT2D eigenvalue weighted by atomic mass is 9.89. The third kappa shape index (κ3) is 2.86. The zero-order valence-corrected chi connectivity index (χ0v) is 11.5. The van der Waals surface area contributed by atoms with E-state index in [-0.39, 0.29) is 0 Å². The van der Waals surface area contributed by atoms with Gasteiger partial charge >= 0.3 is 0 Å². The fourth-order valence-corrected chi connectivity index (χ4v) is 5.07. The predicted octanol–water partition coefficient (Wildman–Crippen LogP) is 5.00. The highest BCUT2D eigenvalue weighted by Gasteiger charge is 2.35. The molecule has 2 fully saturated rings. The summed E-state index contributed by atoms with van der Waals surface area (Å²) in [5.41, 5.74) is 0. The molecule has 2 saturated carbocycles. The van der Waals surface area contributed by atoms with Gasteiger partial charge in [0.15, 0.2) is 0 Å². The number of thioether (sulfide) groups is 1. The van der Waals surface area contributed by atoms with Gasteiger partial charge in [0, 0.05) is 0 Å². The number of azo groups is 1. The lowest BCUT2D eigenvalue weighted by Gasteiger charge is -2.27. The molecular formula is C14H24N2S. The standard InChI is InChI=1S/C14H24N2S/c1-3-7-11(8-4-1)13-15-16-14(17-13)12-9-5-2-6-10-12/h11-14H,1-10H2/t13-,14+. The van der Waals surface area contributed by atoms with Crippen LogP contribution in [0.2, 0.25) is 0 Å². The van der Waals surface area contributed by atoms with Crippen molar-refractivity contribution >= 4 is 11.8 Å². The maximum Gasteiger partial charge on any atom is 0.121 e. The summed E-state index contributed by atoms with van der Waals surface area (Å²) >= 11 is 2.09. The molecule has 2 nitrogen and oxygen atoms in total. The molecule has 2 atom stereocenters. The third-order valence-electron chi connectivity index (χ3n) is 4.68. The van der Waals surface area contributed by atoms with Gasteiger partial charge in [0.05, 0.1) is 0 Å². The second-order valence-electron chi connectivity index (χ2n) is 5.94. The molecular weight excluding hydrogens is 228 g/mol. The van der Waals surface area contributed by atoms with Crippen LogP contribution in [0, 0.1) is 11.8 Å². The van der Waals surface area contributed by atoms with Gasteiger partial charge in [-0.2, -0.15) is 10.2 Å². The molecule has 17 heavy (non-hydrogen) atoms. The summed E-state index contributed by atoms with van der Waals surface area (Å²) in [5, 5.41) is 10.2. The van der Waals surface area contributed by atoms with Gasteiger partial charge in [-0.3, -0.25) is 0 Å². The molecule has 3 aliphatic rings. The Bertz CT molecular complexity index is 241. The molecule has 0 saturated heterocycles. The zero-order chi connectivity index (χ0) is 11.5. The second kappa shape index (κ2) is 5.73. The van der Waals surface area contributed by atoms with Gasteiger partial charge in [-0.05, 0) is 37.5 Å². The average molecular weight is 252 g/mol. The Hall–Kier alpha value is -0.0500. The van der Waals surface area contributed by atoms with Gasteiger partial charge in [0.1, 0.15) is 10.7 Å². The summed E-state index contributed by atoms with van der Waals surface area (Å²) in [7, 11) is 0. The highest BCUT2D eigenvalue weighted by Crippen LogP contribution is 2.44. The number of hydrogen-bond acceptors (Lipinski definition) is 3. The maximum atomic E-state index is 4.60. The molecule has 0 unspecified atom stereocenters. The number of nitrogens with zero attached hydrogens (tertiary/aromatic N) is 2. The van der Waals surface area contributed by atoms with Gasteiger partial charge in [-0.1, -0.05) is 38.5 Å². The fourth-order valence-electron chi connectivity index (χ4n) is 3.58. The van der Waals surface area contributed by atoms with E-state index < -0.39 is 0 Å². The van der Waals surface area contributed by atoms with Crippen molar-refractivity contribution in [1.29, 1.82) is 0 Å². The van der Waals surface area contributed by atoms with E-state index in [1.165, 1.54) is 64.2 Å². The third-order valence-corrected chi connectivity index (χ3v) is 6.20. The number of rotatable bonds is 2. The monoisotopic (exact) mass is 252 g/mol. The minimum atomic E-state index is 0.516. The molecule has 0 N–H and O–H groups in total.